The number of benzene rings is 1. The lowest BCUT2D eigenvalue weighted by Gasteiger charge is -2.32. The van der Waals surface area contributed by atoms with Crippen molar-refractivity contribution in [3.05, 3.63) is 52.8 Å². The van der Waals surface area contributed by atoms with Crippen molar-refractivity contribution in [2.75, 3.05) is 25.9 Å². The minimum absolute atomic E-state index is 0.452. The van der Waals surface area contributed by atoms with E-state index in [9.17, 15) is 8.42 Å². The van der Waals surface area contributed by atoms with Gasteiger partial charge < -0.3 is 0 Å². The van der Waals surface area contributed by atoms with Crippen molar-refractivity contribution < 1.29 is 8.42 Å². The van der Waals surface area contributed by atoms with Gasteiger partial charge in [0.05, 0.1) is 12.5 Å². The Morgan fingerprint density at radius 3 is 2.38 bits per heavy atom. The van der Waals surface area contributed by atoms with E-state index in [1.807, 2.05) is 6.20 Å². The number of aromatic nitrogens is 2. The first-order chi connectivity index (χ1) is 13.8. The number of nitrogens with one attached hydrogen (secondary N) is 1. The van der Waals surface area contributed by atoms with Crippen LogP contribution in [0.5, 0.6) is 0 Å². The van der Waals surface area contributed by atoms with Crippen molar-refractivity contribution in [3.8, 4) is 0 Å². The minimum Gasteiger partial charge on any atom is -0.299 e. The zero-order valence-electron chi connectivity index (χ0n) is 17.9. The third-order valence-corrected chi connectivity index (χ3v) is 6.66. The number of hydrogen-bond acceptors (Lipinski definition) is 4. The van der Waals surface area contributed by atoms with Gasteiger partial charge in [0.25, 0.3) is 0 Å². The summed E-state index contributed by atoms with van der Waals surface area (Å²) in [6.45, 7) is 8.99. The van der Waals surface area contributed by atoms with Crippen molar-refractivity contribution in [1.29, 1.82) is 0 Å². The molecule has 3 rings (SSSR count). The van der Waals surface area contributed by atoms with Gasteiger partial charge in [0.2, 0.25) is 10.0 Å². The molecule has 7 heteroatoms. The summed E-state index contributed by atoms with van der Waals surface area (Å²) in [7, 11) is -3.11. The summed E-state index contributed by atoms with van der Waals surface area (Å²) in [4.78, 5) is 2.55. The maximum absolute atomic E-state index is 11.1. The normalized spacial score (nSPS) is 16.4. The topological polar surface area (TPSA) is 67.2 Å². The average molecular weight is 419 g/mol. The van der Waals surface area contributed by atoms with Crippen molar-refractivity contribution in [3.63, 3.8) is 0 Å². The van der Waals surface area contributed by atoms with Gasteiger partial charge in [0, 0.05) is 30.9 Å². The highest BCUT2D eigenvalue weighted by molar-refractivity contribution is 7.88. The predicted molar refractivity (Wildman–Crippen MR) is 117 cm³/mol. The van der Waals surface area contributed by atoms with Gasteiger partial charge >= 0.3 is 0 Å². The van der Waals surface area contributed by atoms with Crippen molar-refractivity contribution in [2.45, 2.75) is 52.6 Å². The van der Waals surface area contributed by atoms with Crippen LogP contribution in [0.4, 0.5) is 0 Å². The van der Waals surface area contributed by atoms with Crippen LogP contribution in [0.3, 0.4) is 0 Å². The van der Waals surface area contributed by atoms with E-state index in [1.165, 1.54) is 41.5 Å². The van der Waals surface area contributed by atoms with Crippen LogP contribution in [0.15, 0.2) is 30.5 Å². The fourth-order valence-electron chi connectivity index (χ4n) is 4.10. The molecule has 160 valence electrons. The van der Waals surface area contributed by atoms with E-state index >= 15 is 0 Å². The van der Waals surface area contributed by atoms with Gasteiger partial charge in [0.1, 0.15) is 0 Å². The third kappa shape index (κ3) is 6.66. The fourth-order valence-corrected chi connectivity index (χ4v) is 4.58. The van der Waals surface area contributed by atoms with Gasteiger partial charge in [-0.15, -0.1) is 0 Å². The maximum Gasteiger partial charge on any atom is 0.208 e. The summed E-state index contributed by atoms with van der Waals surface area (Å²) in [5, 5.41) is 4.46. The van der Waals surface area contributed by atoms with Crippen molar-refractivity contribution >= 4 is 10.0 Å². The van der Waals surface area contributed by atoms with Crippen LogP contribution < -0.4 is 4.72 Å². The van der Waals surface area contributed by atoms with E-state index < -0.39 is 10.0 Å². The van der Waals surface area contributed by atoms with E-state index in [2.05, 4.69) is 57.5 Å². The molecule has 0 bridgehead atoms. The summed E-state index contributed by atoms with van der Waals surface area (Å²) in [5.41, 5.74) is 5.19. The summed E-state index contributed by atoms with van der Waals surface area (Å²) in [6.07, 6.45) is 7.54. The van der Waals surface area contributed by atoms with Gasteiger partial charge in [0.15, 0.2) is 0 Å². The molecule has 1 aliphatic rings. The molecule has 2 aromatic rings. The zero-order valence-corrected chi connectivity index (χ0v) is 18.7. The molecule has 0 atom stereocenters. The first kappa shape index (κ1) is 22.0. The molecule has 29 heavy (non-hydrogen) atoms. The van der Waals surface area contributed by atoms with E-state index in [0.29, 0.717) is 6.54 Å². The van der Waals surface area contributed by atoms with E-state index in [1.54, 1.807) is 0 Å². The monoisotopic (exact) mass is 418 g/mol. The van der Waals surface area contributed by atoms with Crippen molar-refractivity contribution in [2.24, 2.45) is 5.92 Å². The number of sulfonamides is 1. The second kappa shape index (κ2) is 9.87. The molecule has 0 saturated carbocycles. The van der Waals surface area contributed by atoms with Gasteiger partial charge in [-0.25, -0.2) is 13.1 Å². The molecule has 0 spiro atoms. The number of likely N-dealkylation sites (tertiary alicyclic amines) is 1. The van der Waals surface area contributed by atoms with Crippen LogP contribution in [-0.2, 0) is 36.0 Å². The quantitative estimate of drug-likeness (QED) is 0.680. The molecule has 0 aliphatic carbocycles. The lowest BCUT2D eigenvalue weighted by molar-refractivity contribution is 0.176. The largest absolute Gasteiger partial charge is 0.299 e. The van der Waals surface area contributed by atoms with Gasteiger partial charge in [-0.05, 0) is 69.7 Å². The SMILES string of the molecule is CCn1ncc(CN2CCC(Cc3ccc(CCNS(C)(=O)=O)cc3)CC2)c1C. The molecule has 1 saturated heterocycles. The molecule has 0 amide bonds. The third-order valence-electron chi connectivity index (χ3n) is 5.93. The standard InChI is InChI=1S/C22H34N4O2S/c1-4-26-18(2)22(16-23-26)17-25-13-10-21(11-14-25)15-20-7-5-19(6-8-20)9-12-24-29(3,27)28/h5-8,16,21,24H,4,9-15,17H2,1-3H3. The first-order valence-corrected chi connectivity index (χ1v) is 12.5. The number of hydrogen-bond donors (Lipinski definition) is 1. The smallest absolute Gasteiger partial charge is 0.208 e. The Balaban J connectivity index is 1.42. The summed E-state index contributed by atoms with van der Waals surface area (Å²) < 4.78 is 26.9. The molecule has 2 heterocycles. The van der Waals surface area contributed by atoms with E-state index in [-0.39, 0.29) is 0 Å². The summed E-state index contributed by atoms with van der Waals surface area (Å²) in [5.74, 6) is 0.739. The van der Waals surface area contributed by atoms with Crippen LogP contribution in [0, 0.1) is 12.8 Å². The zero-order chi connectivity index (χ0) is 20.9. The number of nitrogens with zero attached hydrogens (tertiary/aromatic N) is 3. The second-order valence-corrected chi connectivity index (χ2v) is 10.1. The van der Waals surface area contributed by atoms with Crippen LogP contribution in [-0.4, -0.2) is 49.0 Å². The number of piperidine rings is 1. The van der Waals surface area contributed by atoms with E-state index in [4.69, 9.17) is 0 Å². The highest BCUT2D eigenvalue weighted by atomic mass is 32.2. The maximum atomic E-state index is 11.1. The lowest BCUT2D eigenvalue weighted by atomic mass is 9.89. The molecule has 0 radical (unpaired) electrons. The average Bonchev–Trinajstić information content (AvgIpc) is 3.03. The predicted octanol–water partition coefficient (Wildman–Crippen LogP) is 2.76. The van der Waals surface area contributed by atoms with Gasteiger partial charge in [-0.1, -0.05) is 24.3 Å². The second-order valence-electron chi connectivity index (χ2n) is 8.23. The Morgan fingerprint density at radius 2 is 1.79 bits per heavy atom. The fraction of sp³-hybridized carbons (Fsp3) is 0.591. The highest BCUT2D eigenvalue weighted by Gasteiger charge is 2.20. The Hall–Kier alpha value is -1.70. The summed E-state index contributed by atoms with van der Waals surface area (Å²) in [6, 6.07) is 8.65. The Kier molecular flexibility index (Phi) is 7.49. The Bertz CT molecular complexity index is 882. The number of rotatable bonds is 9. The molecule has 0 unspecified atom stereocenters. The van der Waals surface area contributed by atoms with Gasteiger partial charge in [-0.3, -0.25) is 9.58 Å². The summed E-state index contributed by atoms with van der Waals surface area (Å²) >= 11 is 0. The molecule has 1 aliphatic heterocycles. The molecule has 1 aromatic heterocycles. The molecule has 1 fully saturated rings. The molecule has 1 aromatic carbocycles. The Labute approximate surface area is 175 Å². The highest BCUT2D eigenvalue weighted by Crippen LogP contribution is 2.23. The van der Waals surface area contributed by atoms with Crippen molar-refractivity contribution in [1.82, 2.24) is 19.4 Å². The molecule has 1 N–H and O–H groups in total. The molecular formula is C22H34N4O2S. The van der Waals surface area contributed by atoms with Gasteiger partial charge in [-0.2, -0.15) is 5.10 Å². The first-order valence-electron chi connectivity index (χ1n) is 10.6. The van der Waals surface area contributed by atoms with Crippen LogP contribution in [0.2, 0.25) is 0 Å². The Morgan fingerprint density at radius 1 is 1.14 bits per heavy atom. The molecular weight excluding hydrogens is 384 g/mol. The van der Waals surface area contributed by atoms with Crippen LogP contribution in [0.1, 0.15) is 42.1 Å². The molecule has 6 nitrogen and oxygen atoms in total. The van der Waals surface area contributed by atoms with E-state index in [0.717, 1.165) is 44.9 Å². The van der Waals surface area contributed by atoms with Crippen LogP contribution >= 0.6 is 0 Å². The number of aryl methyl sites for hydroxylation is 1. The minimum atomic E-state index is -3.11. The van der Waals surface area contributed by atoms with Crippen LogP contribution in [0.25, 0.3) is 0 Å². The lowest BCUT2D eigenvalue weighted by Crippen LogP contribution is -2.34.